The van der Waals surface area contributed by atoms with Crippen molar-refractivity contribution in [3.05, 3.63) is 0 Å². The molecule has 6 heteroatoms. The molecule has 46 valence electrons. The molecule has 0 bridgehead atoms. The zero-order valence-electron chi connectivity index (χ0n) is 3.41. The van der Waals surface area contributed by atoms with Crippen LogP contribution in [0.3, 0.4) is 0 Å². The Labute approximate surface area is 51.2 Å². The van der Waals surface area contributed by atoms with Crippen LogP contribution >= 0.6 is 15.9 Å². The fraction of sp³-hybridized carbons (Fsp3) is 0. The highest BCUT2D eigenvalue weighted by Gasteiger charge is 1.87. The molecule has 0 aromatic carbocycles. The number of hydrogen-bond donors (Lipinski definition) is 0. The number of nitrogens with zero attached hydrogens (tertiary/aromatic N) is 2. The van der Waals surface area contributed by atoms with Gasteiger partial charge in [-0.25, -0.2) is 0 Å². The standard InChI is InChI=1S/C2BrF3N2/c3-1(4)7-8-2(5)6. The molecule has 0 amide bonds. The highest BCUT2D eigenvalue weighted by Crippen LogP contribution is 1.92. The minimum atomic E-state index is -2.28. The lowest BCUT2D eigenvalue weighted by Gasteiger charge is -1.72. The van der Waals surface area contributed by atoms with Gasteiger partial charge in [-0.05, 0) is 0 Å². The average molecular weight is 189 g/mol. The monoisotopic (exact) mass is 188 g/mol. The van der Waals surface area contributed by atoms with E-state index < -0.39 is 11.1 Å². The first-order valence-electron chi connectivity index (χ1n) is 1.40. The van der Waals surface area contributed by atoms with Crippen molar-refractivity contribution >= 4 is 27.0 Å². The maximum absolute atomic E-state index is 11.3. The van der Waals surface area contributed by atoms with E-state index in [-0.39, 0.29) is 0 Å². The van der Waals surface area contributed by atoms with E-state index in [2.05, 4.69) is 26.1 Å². The molecule has 0 heterocycles. The summed E-state index contributed by atoms with van der Waals surface area (Å²) < 4.78 is 33.0. The number of hydrogen-bond acceptors (Lipinski definition) is 2. The van der Waals surface area contributed by atoms with Crippen LogP contribution in [0.25, 0.3) is 0 Å². The predicted octanol–water partition coefficient (Wildman–Crippen LogP) is 1.92. The van der Waals surface area contributed by atoms with Crippen molar-refractivity contribution in [1.82, 2.24) is 0 Å². The van der Waals surface area contributed by atoms with Gasteiger partial charge in [-0.1, -0.05) is 5.10 Å². The Hall–Kier alpha value is -0.390. The third kappa shape index (κ3) is 5.61. The Morgan fingerprint density at radius 3 is 1.75 bits per heavy atom. The van der Waals surface area contributed by atoms with Crippen LogP contribution in [0, 0.1) is 0 Å². The Kier molecular flexibility index (Phi) is 3.42. The summed E-state index contributed by atoms with van der Waals surface area (Å²) in [6.07, 6.45) is -2.28. The van der Waals surface area contributed by atoms with Crippen LogP contribution in [0.2, 0.25) is 0 Å². The third-order valence-electron chi connectivity index (χ3n) is 0.201. The van der Waals surface area contributed by atoms with Gasteiger partial charge < -0.3 is 0 Å². The molecular weight excluding hydrogens is 189 g/mol. The van der Waals surface area contributed by atoms with Gasteiger partial charge in [-0.2, -0.15) is 4.39 Å². The van der Waals surface area contributed by atoms with E-state index in [1.54, 1.807) is 0 Å². The number of halogens is 4. The largest absolute Gasteiger partial charge is 0.383 e. The molecule has 0 saturated carbocycles. The van der Waals surface area contributed by atoms with Crippen LogP contribution in [0.5, 0.6) is 0 Å². The molecule has 0 unspecified atom stereocenters. The van der Waals surface area contributed by atoms with Gasteiger partial charge in [0.2, 0.25) is 0 Å². The Morgan fingerprint density at radius 2 is 1.62 bits per heavy atom. The van der Waals surface area contributed by atoms with Crippen molar-refractivity contribution in [3.8, 4) is 0 Å². The van der Waals surface area contributed by atoms with Gasteiger partial charge in [0, 0.05) is 15.9 Å². The van der Waals surface area contributed by atoms with Crippen LogP contribution in [-0.4, -0.2) is 11.1 Å². The van der Waals surface area contributed by atoms with E-state index in [9.17, 15) is 13.2 Å². The molecule has 0 aliphatic heterocycles. The van der Waals surface area contributed by atoms with Crippen molar-refractivity contribution in [2.24, 2.45) is 10.2 Å². The molecule has 8 heavy (non-hydrogen) atoms. The summed E-state index contributed by atoms with van der Waals surface area (Å²) in [4.78, 5) is -1.18. The summed E-state index contributed by atoms with van der Waals surface area (Å²) in [7, 11) is 0. The zero-order valence-corrected chi connectivity index (χ0v) is 4.99. The van der Waals surface area contributed by atoms with Crippen LogP contribution < -0.4 is 0 Å². The van der Waals surface area contributed by atoms with E-state index in [0.717, 1.165) is 0 Å². The van der Waals surface area contributed by atoms with E-state index in [1.165, 1.54) is 0 Å². The smallest absolute Gasteiger partial charge is 0.175 e. The van der Waals surface area contributed by atoms with Gasteiger partial charge in [0.05, 0.1) is 0 Å². The van der Waals surface area contributed by atoms with Crippen LogP contribution in [0.15, 0.2) is 10.2 Å². The van der Waals surface area contributed by atoms with Crippen molar-refractivity contribution in [3.63, 3.8) is 0 Å². The van der Waals surface area contributed by atoms with E-state index >= 15 is 0 Å². The summed E-state index contributed by atoms with van der Waals surface area (Å²) in [6, 6.07) is 0. The molecule has 0 aliphatic rings. The molecule has 0 N–H and O–H groups in total. The molecule has 0 aliphatic carbocycles. The molecule has 0 aromatic rings. The topological polar surface area (TPSA) is 24.7 Å². The Morgan fingerprint density at radius 1 is 1.12 bits per heavy atom. The fourth-order valence-electron chi connectivity index (χ4n) is 0.0756. The second-order valence-electron chi connectivity index (χ2n) is 0.681. The quantitative estimate of drug-likeness (QED) is 0.444. The summed E-state index contributed by atoms with van der Waals surface area (Å²) in [5, 5.41) is 4.40. The number of rotatable bonds is 1. The van der Waals surface area contributed by atoms with Gasteiger partial charge in [0.1, 0.15) is 0 Å². The molecule has 0 atom stereocenters. The molecule has 0 rings (SSSR count). The van der Waals surface area contributed by atoms with E-state index in [4.69, 9.17) is 0 Å². The molecular formula is C2BrF3N2. The maximum atomic E-state index is 11.3. The first kappa shape index (κ1) is 7.61. The van der Waals surface area contributed by atoms with Crippen molar-refractivity contribution in [2.75, 3.05) is 0 Å². The van der Waals surface area contributed by atoms with Gasteiger partial charge in [0.15, 0.2) is 0 Å². The lowest BCUT2D eigenvalue weighted by Crippen LogP contribution is -1.72. The van der Waals surface area contributed by atoms with E-state index in [0.29, 0.717) is 0 Å². The summed E-state index contributed by atoms with van der Waals surface area (Å²) >= 11 is 2.15. The van der Waals surface area contributed by atoms with E-state index in [1.807, 2.05) is 0 Å². The molecule has 0 spiro atoms. The normalized spacial score (nSPS) is 11.2. The van der Waals surface area contributed by atoms with Gasteiger partial charge in [0.25, 0.3) is 4.87 Å². The lowest BCUT2D eigenvalue weighted by atomic mass is 11.5. The highest BCUT2D eigenvalue weighted by molar-refractivity contribution is 9.18. The molecule has 0 aromatic heterocycles. The van der Waals surface area contributed by atoms with Gasteiger partial charge in [-0.3, -0.25) is 0 Å². The highest BCUT2D eigenvalue weighted by atomic mass is 79.9. The minimum absolute atomic E-state index is 1.18. The zero-order chi connectivity index (χ0) is 6.57. The Bertz CT molecular complexity index is 107. The second kappa shape index (κ2) is 3.59. The van der Waals surface area contributed by atoms with Crippen LogP contribution in [-0.2, 0) is 0 Å². The molecule has 0 saturated heterocycles. The van der Waals surface area contributed by atoms with Crippen molar-refractivity contribution in [2.45, 2.75) is 0 Å². The minimum Gasteiger partial charge on any atom is -0.175 e. The second-order valence-corrected chi connectivity index (χ2v) is 1.34. The Balaban J connectivity index is 3.76. The predicted molar refractivity (Wildman–Crippen MR) is 27.1 cm³/mol. The third-order valence-corrected chi connectivity index (χ3v) is 0.360. The van der Waals surface area contributed by atoms with Crippen molar-refractivity contribution in [1.29, 1.82) is 0 Å². The van der Waals surface area contributed by atoms with Gasteiger partial charge in [-0.15, -0.1) is 13.9 Å². The van der Waals surface area contributed by atoms with Crippen molar-refractivity contribution < 1.29 is 13.2 Å². The summed E-state index contributed by atoms with van der Waals surface area (Å²) in [6.45, 7) is 0. The SMILES string of the molecule is FC(F)=NN=C(F)Br. The van der Waals surface area contributed by atoms with Crippen LogP contribution in [0.4, 0.5) is 13.2 Å². The maximum Gasteiger partial charge on any atom is 0.383 e. The molecule has 0 fully saturated rings. The summed E-state index contributed by atoms with van der Waals surface area (Å²) in [5.41, 5.74) is 0. The van der Waals surface area contributed by atoms with Crippen LogP contribution in [0.1, 0.15) is 0 Å². The first-order valence-corrected chi connectivity index (χ1v) is 2.20. The summed E-state index contributed by atoms with van der Waals surface area (Å²) in [5.74, 6) is 0. The first-order chi connectivity index (χ1) is 3.63. The fourth-order valence-corrected chi connectivity index (χ4v) is 0.155. The lowest BCUT2D eigenvalue weighted by molar-refractivity contribution is 0.607. The average Bonchev–Trinajstić information content (AvgIpc) is 1.61. The molecule has 2 nitrogen and oxygen atoms in total. The molecule has 0 radical (unpaired) electrons. The van der Waals surface area contributed by atoms with Gasteiger partial charge >= 0.3 is 6.22 Å².